The smallest absolute Gasteiger partial charge is 0.0967 e. The maximum Gasteiger partial charge on any atom is 0.0967 e. The van der Waals surface area contributed by atoms with Crippen LogP contribution in [0.15, 0.2) is 11.1 Å². The second-order valence-corrected chi connectivity index (χ2v) is 8.15. The van der Waals surface area contributed by atoms with Gasteiger partial charge in [0.2, 0.25) is 0 Å². The lowest BCUT2D eigenvalue weighted by Crippen LogP contribution is -2.61. The summed E-state index contributed by atoms with van der Waals surface area (Å²) in [7, 11) is 0. The number of aliphatic hydroxyl groups excluding tert-OH is 1. The first-order valence-electron chi connectivity index (χ1n) is 7.90. The molecule has 0 amide bonds. The lowest BCUT2D eigenvalue weighted by Gasteiger charge is -2.56. The van der Waals surface area contributed by atoms with Gasteiger partial charge in [0, 0.05) is 10.8 Å². The molecule has 0 radical (unpaired) electrons. The molecule has 0 aromatic rings. The Morgan fingerprint density at radius 2 is 1.89 bits per heavy atom. The summed E-state index contributed by atoms with van der Waals surface area (Å²) < 4.78 is 0. The van der Waals surface area contributed by atoms with Crippen LogP contribution in [-0.2, 0) is 0 Å². The third kappa shape index (κ3) is 0.946. The van der Waals surface area contributed by atoms with E-state index < -0.39 is 11.7 Å². The molecule has 106 valence electrons. The summed E-state index contributed by atoms with van der Waals surface area (Å²) in [4.78, 5) is 0. The van der Waals surface area contributed by atoms with E-state index in [4.69, 9.17) is 0 Å². The minimum Gasteiger partial charge on any atom is -0.390 e. The summed E-state index contributed by atoms with van der Waals surface area (Å²) in [6, 6.07) is 0. The summed E-state index contributed by atoms with van der Waals surface area (Å²) in [5.41, 5.74) is 2.58. The topological polar surface area (TPSA) is 40.5 Å². The van der Waals surface area contributed by atoms with Crippen LogP contribution >= 0.6 is 0 Å². The van der Waals surface area contributed by atoms with Crippen molar-refractivity contribution in [3.63, 3.8) is 0 Å². The molecule has 5 unspecified atom stereocenters. The van der Waals surface area contributed by atoms with Gasteiger partial charge in [-0.15, -0.1) is 0 Å². The van der Waals surface area contributed by atoms with Crippen LogP contribution < -0.4 is 0 Å². The van der Waals surface area contributed by atoms with Gasteiger partial charge in [-0.25, -0.2) is 0 Å². The van der Waals surface area contributed by atoms with Crippen molar-refractivity contribution < 1.29 is 10.2 Å². The van der Waals surface area contributed by atoms with Gasteiger partial charge in [0.15, 0.2) is 0 Å². The van der Waals surface area contributed by atoms with Crippen LogP contribution in [0.2, 0.25) is 0 Å². The molecule has 4 aliphatic rings. The highest BCUT2D eigenvalue weighted by Gasteiger charge is 2.82. The van der Waals surface area contributed by atoms with Crippen molar-refractivity contribution in [2.45, 2.75) is 77.4 Å². The Kier molecular flexibility index (Phi) is 2.03. The second-order valence-electron chi connectivity index (χ2n) is 8.15. The van der Waals surface area contributed by atoms with Crippen LogP contribution in [0.1, 0.15) is 65.7 Å². The Morgan fingerprint density at radius 3 is 2.58 bits per heavy atom. The molecule has 2 N–H and O–H groups in total. The lowest BCUT2D eigenvalue weighted by atomic mass is 9.50. The van der Waals surface area contributed by atoms with E-state index in [0.29, 0.717) is 0 Å². The molecule has 0 saturated heterocycles. The van der Waals surface area contributed by atoms with E-state index in [1.165, 1.54) is 24.8 Å². The zero-order valence-corrected chi connectivity index (χ0v) is 12.4. The first-order valence-corrected chi connectivity index (χ1v) is 7.90. The fourth-order valence-electron chi connectivity index (χ4n) is 7.10. The highest BCUT2D eigenvalue weighted by atomic mass is 16.3. The van der Waals surface area contributed by atoms with Gasteiger partial charge in [0.25, 0.3) is 0 Å². The molecule has 1 spiro atoms. The predicted octanol–water partition coefficient (Wildman–Crippen LogP) is 3.18. The van der Waals surface area contributed by atoms with Gasteiger partial charge in [-0.1, -0.05) is 24.5 Å². The normalized spacial score (nSPS) is 58.6. The largest absolute Gasteiger partial charge is 0.390 e. The number of hydrogen-bond donors (Lipinski definition) is 2. The van der Waals surface area contributed by atoms with Gasteiger partial charge in [-0.3, -0.25) is 0 Å². The molecule has 4 saturated carbocycles. The van der Waals surface area contributed by atoms with Gasteiger partial charge in [-0.2, -0.15) is 0 Å². The Morgan fingerprint density at radius 1 is 1.16 bits per heavy atom. The lowest BCUT2D eigenvalue weighted by molar-refractivity contribution is -0.200. The molecule has 2 nitrogen and oxygen atoms in total. The minimum atomic E-state index is -0.835. The van der Waals surface area contributed by atoms with E-state index in [9.17, 15) is 10.2 Å². The molecular weight excluding hydrogens is 236 g/mol. The van der Waals surface area contributed by atoms with Crippen molar-refractivity contribution in [1.29, 1.82) is 0 Å². The van der Waals surface area contributed by atoms with Crippen LogP contribution in [0.4, 0.5) is 0 Å². The summed E-state index contributed by atoms with van der Waals surface area (Å²) in [5.74, 6) is 0. The molecule has 0 heterocycles. The zero-order valence-electron chi connectivity index (χ0n) is 12.4. The van der Waals surface area contributed by atoms with Gasteiger partial charge in [0.1, 0.15) is 0 Å². The first kappa shape index (κ1) is 12.4. The zero-order chi connectivity index (χ0) is 13.7. The Labute approximate surface area is 115 Å². The fourth-order valence-corrected chi connectivity index (χ4v) is 7.10. The summed E-state index contributed by atoms with van der Waals surface area (Å²) in [5, 5.41) is 21.9. The molecule has 0 aromatic carbocycles. The molecule has 4 aliphatic carbocycles. The van der Waals surface area contributed by atoms with E-state index >= 15 is 0 Å². The van der Waals surface area contributed by atoms with Crippen molar-refractivity contribution in [3.8, 4) is 0 Å². The van der Waals surface area contributed by atoms with Crippen molar-refractivity contribution in [3.05, 3.63) is 11.1 Å². The van der Waals surface area contributed by atoms with E-state index in [0.717, 1.165) is 25.7 Å². The van der Waals surface area contributed by atoms with Gasteiger partial charge in [-0.05, 0) is 57.8 Å². The van der Waals surface area contributed by atoms with Gasteiger partial charge < -0.3 is 10.2 Å². The Hall–Kier alpha value is -0.340. The van der Waals surface area contributed by atoms with Crippen LogP contribution in [0.3, 0.4) is 0 Å². The fraction of sp³-hybridized carbons (Fsp3) is 0.882. The number of allylic oxidation sites excluding steroid dienone is 2. The third-order valence-electron chi connectivity index (χ3n) is 7.87. The molecule has 4 bridgehead atoms. The Balaban J connectivity index is 2.04. The molecule has 4 rings (SSSR count). The monoisotopic (exact) mass is 262 g/mol. The molecule has 4 fully saturated rings. The molecule has 2 heteroatoms. The molecule has 0 aliphatic heterocycles. The maximum absolute atomic E-state index is 11.2. The molecule has 19 heavy (non-hydrogen) atoms. The second kappa shape index (κ2) is 3.12. The minimum absolute atomic E-state index is 0.0965. The number of hydrogen-bond acceptors (Lipinski definition) is 2. The predicted molar refractivity (Wildman–Crippen MR) is 74.6 cm³/mol. The molecule has 0 aromatic heterocycles. The van der Waals surface area contributed by atoms with Crippen molar-refractivity contribution in [2.24, 2.45) is 16.2 Å². The average Bonchev–Trinajstić information content (AvgIpc) is 2.83. The van der Waals surface area contributed by atoms with Crippen molar-refractivity contribution >= 4 is 0 Å². The van der Waals surface area contributed by atoms with E-state index in [1.54, 1.807) is 5.57 Å². The van der Waals surface area contributed by atoms with Crippen molar-refractivity contribution in [2.75, 3.05) is 0 Å². The van der Waals surface area contributed by atoms with Gasteiger partial charge >= 0.3 is 0 Å². The number of aliphatic hydroxyl groups is 2. The van der Waals surface area contributed by atoms with E-state index in [2.05, 4.69) is 20.8 Å². The van der Waals surface area contributed by atoms with Crippen LogP contribution in [0.25, 0.3) is 0 Å². The van der Waals surface area contributed by atoms with Crippen LogP contribution in [0, 0.1) is 16.2 Å². The standard InChI is InChI=1S/C17H26O2/c1-11(2)12-9-14(3)16-6-4-5-15(12,16)10-13(18)17(14,19)8-7-16/h13,18-19H,4-10H2,1-3H3. The van der Waals surface area contributed by atoms with Crippen molar-refractivity contribution in [1.82, 2.24) is 0 Å². The third-order valence-corrected chi connectivity index (χ3v) is 7.87. The van der Waals surface area contributed by atoms with E-state index in [1.807, 2.05) is 0 Å². The summed E-state index contributed by atoms with van der Waals surface area (Å²) in [6.45, 7) is 6.73. The molecule has 5 atom stereocenters. The average molecular weight is 262 g/mol. The quantitative estimate of drug-likeness (QED) is 0.658. The van der Waals surface area contributed by atoms with Crippen LogP contribution in [0.5, 0.6) is 0 Å². The molecular formula is C17H26O2. The Bertz CT molecular complexity index is 491. The maximum atomic E-state index is 11.2. The van der Waals surface area contributed by atoms with Crippen LogP contribution in [-0.4, -0.2) is 21.9 Å². The highest BCUT2D eigenvalue weighted by Crippen LogP contribution is 2.85. The van der Waals surface area contributed by atoms with Gasteiger partial charge in [0.05, 0.1) is 11.7 Å². The highest BCUT2D eigenvalue weighted by molar-refractivity contribution is 5.43. The first-order chi connectivity index (χ1) is 8.83. The SMILES string of the molecule is CC(C)=C1CC2(C)C3(O)CCC24CCCC14CC3O. The van der Waals surface area contributed by atoms with E-state index in [-0.39, 0.29) is 16.2 Å². The summed E-state index contributed by atoms with van der Waals surface area (Å²) >= 11 is 0. The summed E-state index contributed by atoms with van der Waals surface area (Å²) in [6.07, 6.45) is 6.99. The number of rotatable bonds is 0.